The molecule has 3 rings (SSSR count). The summed E-state index contributed by atoms with van der Waals surface area (Å²) in [6.07, 6.45) is 10.1. The standard InChI is InChI=1S/C23H32N2O2/c1-3-5-7-18(4-2)17-25-13-10-20(11-14-25)24-23(26)16-19-8-6-9-22-21(19)12-15-27-22/h6-9,12,15,20H,3-5,10-11,13-14,16-17H2,1-2H3,(H,24,26). The highest BCUT2D eigenvalue weighted by molar-refractivity contribution is 5.87. The molecule has 1 amide bonds. The van der Waals surface area contributed by atoms with Gasteiger partial charge in [0.25, 0.3) is 0 Å². The molecule has 0 spiro atoms. The lowest BCUT2D eigenvalue weighted by atomic mass is 10.0. The number of amides is 1. The third-order valence-corrected chi connectivity index (χ3v) is 5.49. The summed E-state index contributed by atoms with van der Waals surface area (Å²) in [4.78, 5) is 15.0. The summed E-state index contributed by atoms with van der Waals surface area (Å²) in [5.74, 6) is 0.110. The monoisotopic (exact) mass is 368 g/mol. The van der Waals surface area contributed by atoms with Gasteiger partial charge >= 0.3 is 0 Å². The summed E-state index contributed by atoms with van der Waals surface area (Å²) in [5, 5.41) is 4.27. The summed E-state index contributed by atoms with van der Waals surface area (Å²) >= 11 is 0. The molecule has 0 atom stereocenters. The molecule has 2 heterocycles. The van der Waals surface area contributed by atoms with Gasteiger partial charge in [-0.05, 0) is 43.4 Å². The number of likely N-dealkylation sites (tertiary alicyclic amines) is 1. The van der Waals surface area contributed by atoms with Gasteiger partial charge in [0, 0.05) is 31.1 Å². The second-order valence-electron chi connectivity index (χ2n) is 7.55. The lowest BCUT2D eigenvalue weighted by Gasteiger charge is -2.33. The second-order valence-corrected chi connectivity index (χ2v) is 7.55. The molecule has 2 aromatic rings. The first-order chi connectivity index (χ1) is 13.2. The maximum atomic E-state index is 12.5. The fourth-order valence-corrected chi connectivity index (χ4v) is 3.85. The lowest BCUT2D eigenvalue weighted by Crippen LogP contribution is -2.45. The first-order valence-corrected chi connectivity index (χ1v) is 10.3. The average Bonchev–Trinajstić information content (AvgIpc) is 3.16. The molecule has 4 nitrogen and oxygen atoms in total. The van der Waals surface area contributed by atoms with Crippen LogP contribution in [0, 0.1) is 0 Å². The number of hydrogen-bond donors (Lipinski definition) is 1. The molecule has 1 aliphatic rings. The number of allylic oxidation sites excluding steroid dienone is 1. The van der Waals surface area contributed by atoms with E-state index in [4.69, 9.17) is 4.42 Å². The Bertz CT molecular complexity index is 770. The molecule has 0 saturated carbocycles. The maximum Gasteiger partial charge on any atom is 0.224 e. The molecular formula is C23H32N2O2. The largest absolute Gasteiger partial charge is 0.464 e. The lowest BCUT2D eigenvalue weighted by molar-refractivity contribution is -0.121. The minimum atomic E-state index is 0.110. The number of rotatable bonds is 8. The molecule has 1 aliphatic heterocycles. The smallest absolute Gasteiger partial charge is 0.224 e. The Balaban J connectivity index is 1.46. The van der Waals surface area contributed by atoms with Crippen molar-refractivity contribution >= 4 is 16.9 Å². The number of piperidine rings is 1. The van der Waals surface area contributed by atoms with Crippen molar-refractivity contribution in [1.82, 2.24) is 10.2 Å². The van der Waals surface area contributed by atoms with Gasteiger partial charge in [0.2, 0.25) is 5.91 Å². The van der Waals surface area contributed by atoms with E-state index in [9.17, 15) is 4.79 Å². The molecule has 1 fully saturated rings. The van der Waals surface area contributed by atoms with Crippen LogP contribution >= 0.6 is 0 Å². The van der Waals surface area contributed by atoms with E-state index in [-0.39, 0.29) is 5.91 Å². The van der Waals surface area contributed by atoms with Crippen LogP contribution in [0.15, 0.2) is 46.6 Å². The van der Waals surface area contributed by atoms with Gasteiger partial charge in [-0.3, -0.25) is 9.69 Å². The summed E-state index contributed by atoms with van der Waals surface area (Å²) < 4.78 is 5.43. The molecular weight excluding hydrogens is 336 g/mol. The highest BCUT2D eigenvalue weighted by atomic mass is 16.3. The third-order valence-electron chi connectivity index (χ3n) is 5.49. The number of nitrogens with zero attached hydrogens (tertiary/aromatic N) is 1. The number of hydrogen-bond acceptors (Lipinski definition) is 3. The molecule has 1 saturated heterocycles. The van der Waals surface area contributed by atoms with Crippen LogP contribution < -0.4 is 5.32 Å². The van der Waals surface area contributed by atoms with Crippen molar-refractivity contribution in [3.8, 4) is 0 Å². The number of furan rings is 1. The van der Waals surface area contributed by atoms with Gasteiger partial charge in [0.05, 0.1) is 12.7 Å². The molecule has 0 aliphatic carbocycles. The number of benzene rings is 1. The normalized spacial score (nSPS) is 16.7. The Hall–Kier alpha value is -2.07. The Morgan fingerprint density at radius 1 is 1.26 bits per heavy atom. The van der Waals surface area contributed by atoms with Crippen molar-refractivity contribution in [2.24, 2.45) is 0 Å². The molecule has 27 heavy (non-hydrogen) atoms. The SMILES string of the molecule is CCCC=C(CC)CN1CCC(NC(=O)Cc2cccc3occc23)CC1. The molecule has 146 valence electrons. The zero-order chi connectivity index (χ0) is 19.1. The Morgan fingerprint density at radius 2 is 2.07 bits per heavy atom. The first kappa shape index (κ1) is 19.7. The van der Waals surface area contributed by atoms with E-state index in [0.29, 0.717) is 12.5 Å². The highest BCUT2D eigenvalue weighted by Crippen LogP contribution is 2.20. The summed E-state index contributed by atoms with van der Waals surface area (Å²) in [6.45, 7) is 7.68. The van der Waals surface area contributed by atoms with E-state index in [1.165, 1.54) is 12.8 Å². The van der Waals surface area contributed by atoms with Crippen molar-refractivity contribution in [2.45, 2.75) is 58.4 Å². The molecule has 1 N–H and O–H groups in total. The van der Waals surface area contributed by atoms with Gasteiger partial charge in [-0.2, -0.15) is 0 Å². The van der Waals surface area contributed by atoms with Crippen LogP contribution in [-0.4, -0.2) is 36.5 Å². The van der Waals surface area contributed by atoms with Gasteiger partial charge in [0.15, 0.2) is 0 Å². The topological polar surface area (TPSA) is 45.5 Å². The van der Waals surface area contributed by atoms with E-state index in [0.717, 1.165) is 55.4 Å². The van der Waals surface area contributed by atoms with Crippen LogP contribution in [0.5, 0.6) is 0 Å². The summed E-state index contributed by atoms with van der Waals surface area (Å²) in [5.41, 5.74) is 3.42. The zero-order valence-corrected chi connectivity index (χ0v) is 16.7. The van der Waals surface area contributed by atoms with Gasteiger partial charge in [-0.25, -0.2) is 0 Å². The van der Waals surface area contributed by atoms with Crippen LogP contribution in [-0.2, 0) is 11.2 Å². The van der Waals surface area contributed by atoms with E-state index in [2.05, 4.69) is 30.1 Å². The van der Waals surface area contributed by atoms with Gasteiger partial charge < -0.3 is 9.73 Å². The van der Waals surface area contributed by atoms with Crippen LogP contribution in [0.2, 0.25) is 0 Å². The Labute approximate surface area is 162 Å². The van der Waals surface area contributed by atoms with Crippen molar-refractivity contribution in [3.05, 3.63) is 47.7 Å². The average molecular weight is 369 g/mol. The minimum Gasteiger partial charge on any atom is -0.464 e. The van der Waals surface area contributed by atoms with Crippen LogP contribution in [0.4, 0.5) is 0 Å². The van der Waals surface area contributed by atoms with Crippen molar-refractivity contribution in [3.63, 3.8) is 0 Å². The van der Waals surface area contributed by atoms with E-state index in [1.807, 2.05) is 24.3 Å². The van der Waals surface area contributed by atoms with Crippen LogP contribution in [0.3, 0.4) is 0 Å². The maximum absolute atomic E-state index is 12.5. The van der Waals surface area contributed by atoms with E-state index >= 15 is 0 Å². The van der Waals surface area contributed by atoms with Gasteiger partial charge in [0.1, 0.15) is 5.58 Å². The summed E-state index contributed by atoms with van der Waals surface area (Å²) in [6, 6.07) is 8.13. The molecule has 1 aromatic carbocycles. The van der Waals surface area contributed by atoms with Gasteiger partial charge in [-0.1, -0.05) is 44.1 Å². The van der Waals surface area contributed by atoms with Crippen molar-refractivity contribution in [1.29, 1.82) is 0 Å². The molecule has 0 bridgehead atoms. The first-order valence-electron chi connectivity index (χ1n) is 10.3. The molecule has 1 aromatic heterocycles. The molecule has 0 unspecified atom stereocenters. The number of nitrogens with one attached hydrogen (secondary N) is 1. The Kier molecular flexibility index (Phi) is 7.11. The van der Waals surface area contributed by atoms with E-state index in [1.54, 1.807) is 11.8 Å². The summed E-state index contributed by atoms with van der Waals surface area (Å²) in [7, 11) is 0. The van der Waals surface area contributed by atoms with Crippen molar-refractivity contribution in [2.75, 3.05) is 19.6 Å². The zero-order valence-electron chi connectivity index (χ0n) is 16.7. The number of carbonyl (C=O) groups excluding carboxylic acids is 1. The molecule has 4 heteroatoms. The number of carbonyl (C=O) groups is 1. The van der Waals surface area contributed by atoms with Crippen LogP contribution in [0.25, 0.3) is 11.0 Å². The number of fused-ring (bicyclic) bond motifs is 1. The Morgan fingerprint density at radius 3 is 2.81 bits per heavy atom. The second kappa shape index (κ2) is 9.75. The quantitative estimate of drug-likeness (QED) is 0.688. The minimum absolute atomic E-state index is 0.110. The third kappa shape index (κ3) is 5.46. The number of unbranched alkanes of at least 4 members (excludes halogenated alkanes) is 1. The van der Waals surface area contributed by atoms with E-state index < -0.39 is 0 Å². The van der Waals surface area contributed by atoms with Crippen LogP contribution in [0.1, 0.15) is 51.5 Å². The predicted octanol–water partition coefficient (Wildman–Crippen LogP) is 4.69. The fourth-order valence-electron chi connectivity index (χ4n) is 3.85. The fraction of sp³-hybridized carbons (Fsp3) is 0.522. The predicted molar refractivity (Wildman–Crippen MR) is 111 cm³/mol. The van der Waals surface area contributed by atoms with Crippen molar-refractivity contribution < 1.29 is 9.21 Å². The van der Waals surface area contributed by atoms with Gasteiger partial charge in [-0.15, -0.1) is 0 Å². The molecule has 0 radical (unpaired) electrons. The highest BCUT2D eigenvalue weighted by Gasteiger charge is 2.21.